The molecule has 0 aliphatic heterocycles. The number of rotatable bonds is 6. The third-order valence-corrected chi connectivity index (χ3v) is 5.65. The lowest BCUT2D eigenvalue weighted by Crippen LogP contribution is -1.97. The lowest BCUT2D eigenvalue weighted by molar-refractivity contribution is 1.04. The Morgan fingerprint density at radius 2 is 0.815 bits per heavy atom. The molecule has 0 saturated carbocycles. The Bertz CT molecular complexity index is 770. The molecule has 0 amide bonds. The first-order chi connectivity index (χ1) is 12.9. The lowest BCUT2D eigenvalue weighted by atomic mass is 9.94. The first kappa shape index (κ1) is 21.1. The molecule has 144 valence electrons. The standard InChI is InChI=1S/C25H34N2/c1-9-20-16(5)13-17(6)21(10-2)24(20)26-15-27-25-22(11-3)18(7)14-19(8)23(25)12-4/h13-14H,9-12H2,1-8H3. The van der Waals surface area contributed by atoms with Crippen molar-refractivity contribution >= 4 is 17.4 Å². The molecule has 0 radical (unpaired) electrons. The molecule has 2 heteroatoms. The van der Waals surface area contributed by atoms with Gasteiger partial charge in [0.25, 0.3) is 0 Å². The maximum absolute atomic E-state index is 4.76. The monoisotopic (exact) mass is 362 g/mol. The summed E-state index contributed by atoms with van der Waals surface area (Å²) in [5.74, 6) is 0. The first-order valence-electron chi connectivity index (χ1n) is 10.3. The summed E-state index contributed by atoms with van der Waals surface area (Å²) in [5, 5.41) is 0. The van der Waals surface area contributed by atoms with E-state index < -0.39 is 0 Å². The second-order valence-corrected chi connectivity index (χ2v) is 7.37. The Hall–Kier alpha value is -2.18. The third kappa shape index (κ3) is 4.22. The molecule has 2 nitrogen and oxygen atoms in total. The maximum Gasteiger partial charge on any atom is 0.101 e. The summed E-state index contributed by atoms with van der Waals surface area (Å²) in [6.07, 6.45) is 3.90. The van der Waals surface area contributed by atoms with Gasteiger partial charge in [-0.15, -0.1) is 0 Å². The number of hydrogen-bond donors (Lipinski definition) is 0. The van der Waals surface area contributed by atoms with Crippen molar-refractivity contribution in [3.8, 4) is 0 Å². The summed E-state index contributed by atoms with van der Waals surface area (Å²) >= 11 is 0. The van der Waals surface area contributed by atoms with Gasteiger partial charge in [0.2, 0.25) is 0 Å². The molecule has 0 fully saturated rings. The van der Waals surface area contributed by atoms with Crippen molar-refractivity contribution in [2.24, 2.45) is 9.98 Å². The van der Waals surface area contributed by atoms with Crippen molar-refractivity contribution in [3.05, 3.63) is 56.6 Å². The van der Waals surface area contributed by atoms with E-state index in [1.807, 2.05) is 0 Å². The first-order valence-corrected chi connectivity index (χ1v) is 10.3. The molecule has 0 N–H and O–H groups in total. The van der Waals surface area contributed by atoms with Gasteiger partial charge in [-0.2, -0.15) is 9.98 Å². The summed E-state index contributed by atoms with van der Waals surface area (Å²) in [5.41, 5.74) is 12.6. The highest BCUT2D eigenvalue weighted by Gasteiger charge is 2.13. The van der Waals surface area contributed by atoms with Gasteiger partial charge in [-0.3, -0.25) is 0 Å². The zero-order chi connectivity index (χ0) is 20.1. The normalized spacial score (nSPS) is 10.7. The quantitative estimate of drug-likeness (QED) is 0.481. The van der Waals surface area contributed by atoms with Crippen molar-refractivity contribution in [2.75, 3.05) is 0 Å². The SMILES string of the molecule is CCc1c(C)cc(C)c(CC)c1N=C=Nc1c(CC)c(C)cc(C)c1CC. The lowest BCUT2D eigenvalue weighted by Gasteiger charge is -2.15. The summed E-state index contributed by atoms with van der Waals surface area (Å²) in [6, 6.07) is 7.64. The molecule has 2 rings (SSSR count). The molecule has 0 aliphatic carbocycles. The smallest absolute Gasteiger partial charge is 0.101 e. The van der Waals surface area contributed by atoms with Crippen molar-refractivity contribution in [1.29, 1.82) is 0 Å². The third-order valence-electron chi connectivity index (χ3n) is 5.65. The average molecular weight is 363 g/mol. The van der Waals surface area contributed by atoms with Crippen LogP contribution in [0.2, 0.25) is 0 Å². The van der Waals surface area contributed by atoms with Crippen LogP contribution in [-0.4, -0.2) is 6.01 Å². The van der Waals surface area contributed by atoms with Crippen LogP contribution in [-0.2, 0) is 25.7 Å². The Labute approximate surface area is 165 Å². The fourth-order valence-corrected chi connectivity index (χ4v) is 4.29. The van der Waals surface area contributed by atoms with Gasteiger partial charge in [-0.05, 0) is 97.9 Å². The number of aryl methyl sites for hydroxylation is 4. The van der Waals surface area contributed by atoms with Crippen molar-refractivity contribution < 1.29 is 0 Å². The van der Waals surface area contributed by atoms with E-state index in [0.29, 0.717) is 0 Å². The van der Waals surface area contributed by atoms with E-state index in [-0.39, 0.29) is 0 Å². The van der Waals surface area contributed by atoms with Crippen molar-refractivity contribution in [2.45, 2.75) is 81.1 Å². The highest BCUT2D eigenvalue weighted by molar-refractivity contribution is 5.69. The van der Waals surface area contributed by atoms with Gasteiger partial charge in [0.05, 0.1) is 11.4 Å². The number of nitrogens with zero attached hydrogens (tertiary/aromatic N) is 2. The van der Waals surface area contributed by atoms with Gasteiger partial charge >= 0.3 is 0 Å². The molecular weight excluding hydrogens is 328 g/mol. The van der Waals surface area contributed by atoms with E-state index in [0.717, 1.165) is 37.1 Å². The summed E-state index contributed by atoms with van der Waals surface area (Å²) < 4.78 is 0. The molecule has 0 aromatic heterocycles. The van der Waals surface area contributed by atoms with E-state index in [1.54, 1.807) is 0 Å². The predicted molar refractivity (Wildman–Crippen MR) is 119 cm³/mol. The molecular formula is C25H34N2. The minimum Gasteiger partial charge on any atom is -0.187 e. The molecule has 0 saturated heterocycles. The summed E-state index contributed by atoms with van der Waals surface area (Å²) in [6.45, 7) is 17.5. The minimum absolute atomic E-state index is 0.976. The molecule has 2 aromatic rings. The van der Waals surface area contributed by atoms with Crippen molar-refractivity contribution in [1.82, 2.24) is 0 Å². The molecule has 0 unspecified atom stereocenters. The Balaban J connectivity index is 2.69. The predicted octanol–water partition coefficient (Wildman–Crippen LogP) is 7.31. The van der Waals surface area contributed by atoms with Crippen LogP contribution in [0.4, 0.5) is 11.4 Å². The van der Waals surface area contributed by atoms with Crippen molar-refractivity contribution in [3.63, 3.8) is 0 Å². The second kappa shape index (κ2) is 9.15. The zero-order valence-electron chi connectivity index (χ0n) is 18.4. The summed E-state index contributed by atoms with van der Waals surface area (Å²) in [4.78, 5) is 9.52. The highest BCUT2D eigenvalue weighted by Crippen LogP contribution is 2.33. The molecule has 0 aliphatic rings. The van der Waals surface area contributed by atoms with Crippen LogP contribution < -0.4 is 0 Å². The Kier molecular flexibility index (Phi) is 7.16. The number of hydrogen-bond acceptors (Lipinski definition) is 2. The van der Waals surface area contributed by atoms with E-state index in [2.05, 4.69) is 73.5 Å². The van der Waals surface area contributed by atoms with Gasteiger partial charge in [0, 0.05) is 0 Å². The van der Waals surface area contributed by atoms with Crippen LogP contribution in [0.15, 0.2) is 22.1 Å². The second-order valence-electron chi connectivity index (χ2n) is 7.37. The zero-order valence-corrected chi connectivity index (χ0v) is 18.4. The number of aliphatic imine (C=N–C) groups is 2. The molecule has 27 heavy (non-hydrogen) atoms. The van der Waals surface area contributed by atoms with E-state index in [9.17, 15) is 0 Å². The van der Waals surface area contributed by atoms with Gasteiger partial charge in [0.1, 0.15) is 6.01 Å². The molecule has 0 heterocycles. The largest absolute Gasteiger partial charge is 0.187 e. The van der Waals surface area contributed by atoms with Crippen LogP contribution >= 0.6 is 0 Å². The molecule has 0 atom stereocenters. The minimum atomic E-state index is 0.976. The molecule has 2 aromatic carbocycles. The van der Waals surface area contributed by atoms with Crippen LogP contribution in [0, 0.1) is 27.7 Å². The Morgan fingerprint density at radius 1 is 0.556 bits per heavy atom. The van der Waals surface area contributed by atoms with E-state index >= 15 is 0 Å². The van der Waals surface area contributed by atoms with Crippen LogP contribution in [0.5, 0.6) is 0 Å². The van der Waals surface area contributed by atoms with Gasteiger partial charge in [0.15, 0.2) is 0 Å². The van der Waals surface area contributed by atoms with Crippen LogP contribution in [0.25, 0.3) is 0 Å². The molecule has 0 spiro atoms. The van der Waals surface area contributed by atoms with Gasteiger partial charge < -0.3 is 0 Å². The maximum atomic E-state index is 4.76. The van der Waals surface area contributed by atoms with Gasteiger partial charge in [-0.25, -0.2) is 0 Å². The van der Waals surface area contributed by atoms with Gasteiger partial charge in [-0.1, -0.05) is 39.8 Å². The van der Waals surface area contributed by atoms with E-state index in [1.165, 1.54) is 44.5 Å². The fourth-order valence-electron chi connectivity index (χ4n) is 4.29. The molecule has 0 bridgehead atoms. The Morgan fingerprint density at radius 3 is 1.04 bits per heavy atom. The summed E-state index contributed by atoms with van der Waals surface area (Å²) in [7, 11) is 0. The highest BCUT2D eigenvalue weighted by atomic mass is 14.8. The fraction of sp³-hybridized carbons (Fsp3) is 0.480. The van der Waals surface area contributed by atoms with E-state index in [4.69, 9.17) is 9.98 Å². The van der Waals surface area contributed by atoms with Crippen LogP contribution in [0.3, 0.4) is 0 Å². The average Bonchev–Trinajstić information content (AvgIpc) is 2.62. The topological polar surface area (TPSA) is 24.7 Å². The number of benzene rings is 2. The van der Waals surface area contributed by atoms with Crippen LogP contribution in [0.1, 0.15) is 72.2 Å².